The molecule has 0 saturated carbocycles. The highest BCUT2D eigenvalue weighted by atomic mass is 32.2. The number of guanidine groups is 1. The van der Waals surface area contributed by atoms with Gasteiger partial charge in [-0.25, -0.2) is 13.4 Å². The van der Waals surface area contributed by atoms with Crippen LogP contribution in [0.15, 0.2) is 65.7 Å². The maximum absolute atomic E-state index is 12.4. The van der Waals surface area contributed by atoms with Crippen molar-refractivity contribution in [3.8, 4) is 0 Å². The van der Waals surface area contributed by atoms with Crippen LogP contribution in [0.3, 0.4) is 0 Å². The molecule has 182 valence electrons. The fraction of sp³-hybridized carbons (Fsp3) is 0.231. The molecule has 0 fully saturated rings. The lowest BCUT2D eigenvalue weighted by atomic mass is 10.0. The fourth-order valence-electron chi connectivity index (χ4n) is 4.02. The smallest absolute Gasteiger partial charge is 0.232 e. The van der Waals surface area contributed by atoms with Crippen molar-refractivity contribution in [1.82, 2.24) is 4.98 Å². The first-order valence-electron chi connectivity index (χ1n) is 11.4. The summed E-state index contributed by atoms with van der Waals surface area (Å²) in [6, 6.07) is 19.5. The van der Waals surface area contributed by atoms with Crippen LogP contribution in [-0.4, -0.2) is 31.7 Å². The summed E-state index contributed by atoms with van der Waals surface area (Å²) < 4.78 is 27.5. The minimum atomic E-state index is -3.46. The monoisotopic (exact) mass is 490 g/mol. The Kier molecular flexibility index (Phi) is 7.07. The number of hydrogen-bond acceptors (Lipinski definition) is 5. The number of unbranched alkanes of at least 4 members (excludes halogenated alkanes) is 1. The van der Waals surface area contributed by atoms with Gasteiger partial charge in [0, 0.05) is 28.7 Å². The van der Waals surface area contributed by atoms with Crippen molar-refractivity contribution in [3.05, 3.63) is 71.8 Å². The van der Waals surface area contributed by atoms with Crippen molar-refractivity contribution in [2.45, 2.75) is 26.7 Å². The standard InChI is InChI=1S/C26H30N6O2S/c1-17-7-5-9-21-23(17)31-24-18(2)8-6-10-22(24)25(21)30-19-11-13-20(14-12-19)32-35(33,34)16-4-3-15-29-26(27)28/h5-14,32H,3-4,15-16H2,1-2H3,(H,30,31)(H4,27,28,29). The number of nitrogens with zero attached hydrogens (tertiary/aromatic N) is 2. The Balaban J connectivity index is 1.54. The maximum Gasteiger partial charge on any atom is 0.232 e. The van der Waals surface area contributed by atoms with Crippen LogP contribution in [0.4, 0.5) is 17.1 Å². The molecule has 0 aliphatic carbocycles. The largest absolute Gasteiger partial charge is 0.370 e. The number of aromatic nitrogens is 1. The summed E-state index contributed by atoms with van der Waals surface area (Å²) in [6.45, 7) is 4.53. The van der Waals surface area contributed by atoms with Crippen LogP contribution in [0.25, 0.3) is 21.8 Å². The molecule has 8 nitrogen and oxygen atoms in total. The van der Waals surface area contributed by atoms with E-state index in [0.29, 0.717) is 25.1 Å². The highest BCUT2D eigenvalue weighted by Crippen LogP contribution is 2.35. The first kappa shape index (κ1) is 24.3. The molecule has 0 unspecified atom stereocenters. The van der Waals surface area contributed by atoms with Crippen LogP contribution in [0.2, 0.25) is 0 Å². The van der Waals surface area contributed by atoms with E-state index >= 15 is 0 Å². The van der Waals surface area contributed by atoms with E-state index in [1.54, 1.807) is 12.1 Å². The lowest BCUT2D eigenvalue weighted by Crippen LogP contribution is -2.23. The molecule has 0 aliphatic rings. The zero-order valence-corrected chi connectivity index (χ0v) is 20.7. The number of hydrogen-bond donors (Lipinski definition) is 4. The highest BCUT2D eigenvalue weighted by molar-refractivity contribution is 7.92. The van der Waals surface area contributed by atoms with Crippen molar-refractivity contribution >= 4 is 54.9 Å². The molecule has 4 rings (SSSR count). The van der Waals surface area contributed by atoms with E-state index in [1.165, 1.54) is 0 Å². The molecular formula is C26H30N6O2S. The summed E-state index contributed by atoms with van der Waals surface area (Å²) in [5.41, 5.74) is 17.0. The molecule has 0 amide bonds. The molecule has 1 aromatic heterocycles. The molecule has 0 bridgehead atoms. The van der Waals surface area contributed by atoms with E-state index in [0.717, 1.165) is 44.3 Å². The van der Waals surface area contributed by atoms with Gasteiger partial charge < -0.3 is 16.8 Å². The summed E-state index contributed by atoms with van der Waals surface area (Å²) in [5, 5.41) is 5.61. The SMILES string of the molecule is Cc1cccc2c(Nc3ccc(NS(=O)(=O)CCCCN=C(N)N)cc3)c3cccc(C)c3nc12. The Labute approximate surface area is 205 Å². The van der Waals surface area contributed by atoms with Crippen molar-refractivity contribution in [3.63, 3.8) is 0 Å². The number of sulfonamides is 1. The lowest BCUT2D eigenvalue weighted by Gasteiger charge is -2.16. The van der Waals surface area contributed by atoms with E-state index in [-0.39, 0.29) is 11.7 Å². The minimum Gasteiger partial charge on any atom is -0.370 e. The van der Waals surface area contributed by atoms with Crippen LogP contribution in [0, 0.1) is 13.8 Å². The van der Waals surface area contributed by atoms with Crippen LogP contribution < -0.4 is 21.5 Å². The van der Waals surface area contributed by atoms with Gasteiger partial charge in [-0.15, -0.1) is 0 Å². The normalized spacial score (nSPS) is 11.5. The topological polar surface area (TPSA) is 135 Å². The number of nitrogens with one attached hydrogen (secondary N) is 2. The van der Waals surface area contributed by atoms with E-state index in [1.807, 2.05) is 24.3 Å². The second-order valence-electron chi connectivity index (χ2n) is 8.57. The average molecular weight is 491 g/mol. The zero-order chi connectivity index (χ0) is 25.0. The van der Waals surface area contributed by atoms with E-state index < -0.39 is 10.0 Å². The molecule has 0 radical (unpaired) electrons. The van der Waals surface area contributed by atoms with Crippen LogP contribution in [0.5, 0.6) is 0 Å². The van der Waals surface area contributed by atoms with Crippen molar-refractivity contribution in [2.75, 3.05) is 22.3 Å². The Hall–Kier alpha value is -3.85. The predicted octanol–water partition coefficient (Wildman–Crippen LogP) is 4.54. The van der Waals surface area contributed by atoms with Gasteiger partial charge in [-0.2, -0.15) is 0 Å². The molecule has 3 aromatic carbocycles. The van der Waals surface area contributed by atoms with Crippen LogP contribution in [-0.2, 0) is 10.0 Å². The van der Waals surface area contributed by atoms with Gasteiger partial charge in [-0.3, -0.25) is 9.71 Å². The van der Waals surface area contributed by atoms with E-state index in [2.05, 4.69) is 53.1 Å². The predicted molar refractivity (Wildman–Crippen MR) is 146 cm³/mol. The van der Waals surface area contributed by atoms with Crippen LogP contribution >= 0.6 is 0 Å². The summed E-state index contributed by atoms with van der Waals surface area (Å²) in [7, 11) is -3.46. The molecule has 0 spiro atoms. The van der Waals surface area contributed by atoms with E-state index in [4.69, 9.17) is 16.5 Å². The van der Waals surface area contributed by atoms with Crippen molar-refractivity contribution in [2.24, 2.45) is 16.5 Å². The Bertz CT molecular complexity index is 1430. The zero-order valence-electron chi connectivity index (χ0n) is 19.9. The molecular weight excluding hydrogens is 460 g/mol. The third-order valence-corrected chi connectivity index (χ3v) is 7.15. The van der Waals surface area contributed by atoms with Gasteiger partial charge in [0.2, 0.25) is 10.0 Å². The minimum absolute atomic E-state index is 0.000688. The number of pyridine rings is 1. The first-order chi connectivity index (χ1) is 16.7. The summed E-state index contributed by atoms with van der Waals surface area (Å²) in [5.74, 6) is 0.0125. The Morgan fingerprint density at radius 3 is 2.00 bits per heavy atom. The van der Waals surface area contributed by atoms with Gasteiger partial charge in [0.25, 0.3) is 0 Å². The number of aliphatic imine (C=N–C) groups is 1. The third kappa shape index (κ3) is 5.81. The molecule has 0 atom stereocenters. The number of nitrogens with two attached hydrogens (primary N) is 2. The maximum atomic E-state index is 12.4. The quantitative estimate of drug-likeness (QED) is 0.118. The number of para-hydroxylation sites is 2. The molecule has 9 heteroatoms. The van der Waals surface area contributed by atoms with Crippen LogP contribution in [0.1, 0.15) is 24.0 Å². The number of benzene rings is 3. The first-order valence-corrected chi connectivity index (χ1v) is 13.1. The van der Waals surface area contributed by atoms with Gasteiger partial charge >= 0.3 is 0 Å². The Morgan fingerprint density at radius 2 is 1.43 bits per heavy atom. The van der Waals surface area contributed by atoms with Gasteiger partial charge in [-0.1, -0.05) is 36.4 Å². The summed E-state index contributed by atoms with van der Waals surface area (Å²) in [4.78, 5) is 8.81. The van der Waals surface area contributed by atoms with Crippen molar-refractivity contribution in [1.29, 1.82) is 0 Å². The molecule has 0 saturated heterocycles. The highest BCUT2D eigenvalue weighted by Gasteiger charge is 2.13. The molecule has 35 heavy (non-hydrogen) atoms. The summed E-state index contributed by atoms with van der Waals surface area (Å²) in [6.07, 6.45) is 1.06. The lowest BCUT2D eigenvalue weighted by molar-refractivity contribution is 0.597. The van der Waals surface area contributed by atoms with Gasteiger partial charge in [0.15, 0.2) is 5.96 Å². The molecule has 4 aromatic rings. The van der Waals surface area contributed by atoms with Gasteiger partial charge in [0.05, 0.1) is 22.5 Å². The third-order valence-electron chi connectivity index (χ3n) is 5.78. The average Bonchev–Trinajstić information content (AvgIpc) is 2.80. The second kappa shape index (κ2) is 10.2. The molecule has 0 aliphatic heterocycles. The van der Waals surface area contributed by atoms with Crippen molar-refractivity contribution < 1.29 is 8.42 Å². The Morgan fingerprint density at radius 1 is 0.857 bits per heavy atom. The van der Waals surface area contributed by atoms with Gasteiger partial charge in [-0.05, 0) is 62.1 Å². The second-order valence-corrected chi connectivity index (χ2v) is 10.4. The van der Waals surface area contributed by atoms with E-state index in [9.17, 15) is 8.42 Å². The number of aryl methyl sites for hydroxylation is 2. The number of anilines is 3. The summed E-state index contributed by atoms with van der Waals surface area (Å²) >= 11 is 0. The number of fused-ring (bicyclic) bond motifs is 2. The molecule has 6 N–H and O–H groups in total. The fourth-order valence-corrected chi connectivity index (χ4v) is 5.20. The van der Waals surface area contributed by atoms with Gasteiger partial charge in [0.1, 0.15) is 0 Å². The number of rotatable bonds is 9. The molecule has 1 heterocycles.